The highest BCUT2D eigenvalue weighted by molar-refractivity contribution is 6.30. The quantitative estimate of drug-likeness (QED) is 0.259. The minimum atomic E-state index is -0.952. The Morgan fingerprint density at radius 3 is 2.40 bits per heavy atom. The van der Waals surface area contributed by atoms with Crippen LogP contribution in [0.3, 0.4) is 0 Å². The molecule has 0 saturated heterocycles. The number of anilines is 2. The largest absolute Gasteiger partial charge is 0.478 e. The third-order valence-corrected chi connectivity index (χ3v) is 7.03. The first-order valence-electron chi connectivity index (χ1n) is 12.8. The van der Waals surface area contributed by atoms with Crippen LogP contribution in [0.25, 0.3) is 0 Å². The van der Waals surface area contributed by atoms with Gasteiger partial charge in [0.15, 0.2) is 0 Å². The average Bonchev–Trinajstić information content (AvgIpc) is 3.01. The van der Waals surface area contributed by atoms with E-state index in [0.717, 1.165) is 22.3 Å². The molecule has 4 N–H and O–H groups in total. The molecule has 0 unspecified atom stereocenters. The molecular formula is C31H35ClN2O6. The number of nitrogens with two attached hydrogens (primary N) is 1. The number of amides is 1. The summed E-state index contributed by atoms with van der Waals surface area (Å²) in [6.45, 7) is 8.02. The predicted octanol–water partition coefficient (Wildman–Crippen LogP) is 5.35. The van der Waals surface area contributed by atoms with Crippen molar-refractivity contribution in [3.05, 3.63) is 93.5 Å². The van der Waals surface area contributed by atoms with Crippen molar-refractivity contribution in [3.8, 4) is 0 Å². The number of hydrogen-bond acceptors (Lipinski definition) is 6. The molecule has 4 rings (SSSR count). The number of carboxylic acid groups (broad SMARTS) is 1. The number of aliphatic hydroxyl groups excluding tert-OH is 1. The van der Waals surface area contributed by atoms with E-state index in [1.165, 1.54) is 12.1 Å². The fourth-order valence-electron chi connectivity index (χ4n) is 4.42. The monoisotopic (exact) mass is 566 g/mol. The van der Waals surface area contributed by atoms with Crippen LogP contribution in [0.15, 0.2) is 60.7 Å². The summed E-state index contributed by atoms with van der Waals surface area (Å²) >= 11 is 6.34. The van der Waals surface area contributed by atoms with Crippen molar-refractivity contribution in [2.24, 2.45) is 5.41 Å². The molecule has 40 heavy (non-hydrogen) atoms. The lowest BCUT2D eigenvalue weighted by molar-refractivity contribution is -0.134. The first-order chi connectivity index (χ1) is 18.9. The van der Waals surface area contributed by atoms with E-state index in [1.807, 2.05) is 58.0 Å². The van der Waals surface area contributed by atoms with Crippen LogP contribution in [0.4, 0.5) is 11.4 Å². The summed E-state index contributed by atoms with van der Waals surface area (Å²) in [7, 11) is 0. The van der Waals surface area contributed by atoms with E-state index in [9.17, 15) is 19.5 Å². The molecule has 0 bridgehead atoms. The predicted molar refractivity (Wildman–Crippen MR) is 156 cm³/mol. The van der Waals surface area contributed by atoms with Crippen molar-refractivity contribution in [1.29, 1.82) is 0 Å². The van der Waals surface area contributed by atoms with Crippen LogP contribution in [0, 0.1) is 19.3 Å². The molecule has 212 valence electrons. The fourth-order valence-corrected chi connectivity index (χ4v) is 4.61. The molecule has 0 radical (unpaired) electrons. The maximum atomic E-state index is 13.4. The van der Waals surface area contributed by atoms with E-state index in [1.54, 1.807) is 23.1 Å². The highest BCUT2D eigenvalue weighted by Crippen LogP contribution is 2.42. The molecule has 0 saturated carbocycles. The summed E-state index contributed by atoms with van der Waals surface area (Å²) in [4.78, 5) is 36.7. The zero-order valence-electron chi connectivity index (χ0n) is 23.1. The Labute approximate surface area is 239 Å². The number of carbonyl (C=O) groups excluding carboxylic acids is 2. The first kappa shape index (κ1) is 30.8. The van der Waals surface area contributed by atoms with Gasteiger partial charge in [-0.3, -0.25) is 4.79 Å². The van der Waals surface area contributed by atoms with Crippen LogP contribution in [0.2, 0.25) is 5.02 Å². The maximum absolute atomic E-state index is 13.4. The molecule has 3 aromatic rings. The second kappa shape index (κ2) is 13.1. The molecule has 1 heterocycles. The minimum Gasteiger partial charge on any atom is -0.478 e. The highest BCUT2D eigenvalue weighted by Gasteiger charge is 2.39. The van der Waals surface area contributed by atoms with E-state index in [0.29, 0.717) is 22.7 Å². The van der Waals surface area contributed by atoms with Gasteiger partial charge in [-0.25, -0.2) is 4.79 Å². The van der Waals surface area contributed by atoms with Crippen molar-refractivity contribution in [2.45, 2.75) is 46.3 Å². The third kappa shape index (κ3) is 7.27. The van der Waals surface area contributed by atoms with Gasteiger partial charge in [0.2, 0.25) is 0 Å². The number of benzene rings is 3. The zero-order valence-corrected chi connectivity index (χ0v) is 23.8. The van der Waals surface area contributed by atoms with Gasteiger partial charge >= 0.3 is 5.97 Å². The molecule has 0 aliphatic carbocycles. The summed E-state index contributed by atoms with van der Waals surface area (Å²) in [5.41, 5.74) is 10.1. The summed E-state index contributed by atoms with van der Waals surface area (Å²) in [5, 5.41) is 18.8. The number of carboxylic acids is 1. The Morgan fingerprint density at radius 2 is 1.80 bits per heavy atom. The van der Waals surface area contributed by atoms with Crippen LogP contribution in [-0.4, -0.2) is 47.6 Å². The highest BCUT2D eigenvalue weighted by atomic mass is 35.5. The van der Waals surface area contributed by atoms with Crippen LogP contribution in [0.1, 0.15) is 59.0 Å². The number of nitrogens with zero attached hydrogens (tertiary/aromatic N) is 1. The van der Waals surface area contributed by atoms with E-state index >= 15 is 0 Å². The number of hydrogen-bond donors (Lipinski definition) is 3. The number of nitrogen functional groups attached to an aromatic ring is 1. The van der Waals surface area contributed by atoms with E-state index in [2.05, 4.69) is 0 Å². The molecule has 0 aromatic heterocycles. The molecule has 2 atom stereocenters. The lowest BCUT2D eigenvalue weighted by Gasteiger charge is -2.32. The molecule has 9 heteroatoms. The Morgan fingerprint density at radius 1 is 1.10 bits per heavy atom. The van der Waals surface area contributed by atoms with Crippen LogP contribution in [0.5, 0.6) is 0 Å². The van der Waals surface area contributed by atoms with Gasteiger partial charge in [-0.15, -0.1) is 0 Å². The number of halogens is 1. The van der Waals surface area contributed by atoms with Crippen molar-refractivity contribution < 1.29 is 29.3 Å². The summed E-state index contributed by atoms with van der Waals surface area (Å²) in [5.74, 6) is -1.24. The topological polar surface area (TPSA) is 130 Å². The SMILES string of the molecule is Cc1cccc([C@H]2O[C@H](CC=O)C(=O)N(CC(C)(C)CO)c3ccc(Cl)cc32)c1C.Nc1cccc(C(=O)O)c1. The number of carbonyl (C=O) groups is 3. The second-order valence-corrected chi connectivity index (χ2v) is 11.0. The van der Waals surface area contributed by atoms with Gasteiger partial charge in [0.25, 0.3) is 5.91 Å². The van der Waals surface area contributed by atoms with Crippen LogP contribution >= 0.6 is 11.6 Å². The molecular weight excluding hydrogens is 532 g/mol. The standard InChI is InChI=1S/C24H28ClNO4.C7H7NO2/c1-15-6-5-7-18(16(15)2)22-19-12-17(25)8-9-20(19)26(13-24(3,4)14-28)23(29)21(30-22)10-11-27;8-6-3-1-2-5(4-6)7(9)10/h5-9,11-12,21-22,28H,10,13-14H2,1-4H3;1-4H,8H2,(H,9,10)/t21-,22-;/m1./s1. The number of aliphatic hydroxyl groups is 1. The lowest BCUT2D eigenvalue weighted by atomic mass is 9.91. The Bertz CT molecular complexity index is 1390. The zero-order chi connectivity index (χ0) is 29.6. The number of rotatable bonds is 7. The van der Waals surface area contributed by atoms with Crippen molar-refractivity contribution in [2.75, 3.05) is 23.8 Å². The van der Waals surface area contributed by atoms with Crippen molar-refractivity contribution in [1.82, 2.24) is 0 Å². The van der Waals surface area contributed by atoms with Crippen molar-refractivity contribution >= 4 is 41.1 Å². The van der Waals surface area contributed by atoms with E-state index in [4.69, 9.17) is 27.2 Å². The molecule has 0 spiro atoms. The Hall–Kier alpha value is -3.72. The number of ether oxygens (including phenoxy) is 1. The molecule has 3 aromatic carbocycles. The molecule has 8 nitrogen and oxygen atoms in total. The van der Waals surface area contributed by atoms with Gasteiger partial charge in [0.1, 0.15) is 18.5 Å². The van der Waals surface area contributed by atoms with Gasteiger partial charge in [-0.1, -0.05) is 49.7 Å². The smallest absolute Gasteiger partial charge is 0.335 e. The molecule has 1 aliphatic rings. The molecule has 1 amide bonds. The lowest BCUT2D eigenvalue weighted by Crippen LogP contribution is -2.45. The van der Waals surface area contributed by atoms with E-state index < -0.39 is 23.6 Å². The van der Waals surface area contributed by atoms with Gasteiger partial charge in [0, 0.05) is 46.9 Å². The number of aryl methyl sites for hydroxylation is 1. The van der Waals surface area contributed by atoms with Gasteiger partial charge in [0.05, 0.1) is 5.56 Å². The normalized spacial score (nSPS) is 16.9. The summed E-state index contributed by atoms with van der Waals surface area (Å²) in [6, 6.07) is 17.5. The first-order valence-corrected chi connectivity index (χ1v) is 13.2. The average molecular weight is 567 g/mol. The van der Waals surface area contributed by atoms with Crippen molar-refractivity contribution in [3.63, 3.8) is 0 Å². The number of aldehydes is 1. The molecule has 0 fully saturated rings. The van der Waals surface area contributed by atoms with Gasteiger partial charge < -0.3 is 30.4 Å². The van der Waals surface area contributed by atoms with Gasteiger partial charge in [-0.2, -0.15) is 0 Å². The second-order valence-electron chi connectivity index (χ2n) is 10.6. The Balaban J connectivity index is 0.000000371. The summed E-state index contributed by atoms with van der Waals surface area (Å²) < 4.78 is 6.30. The maximum Gasteiger partial charge on any atom is 0.335 e. The summed E-state index contributed by atoms with van der Waals surface area (Å²) in [6.07, 6.45) is -0.804. The molecule has 1 aliphatic heterocycles. The van der Waals surface area contributed by atoms with Gasteiger partial charge in [-0.05, 0) is 66.9 Å². The fraction of sp³-hybridized carbons (Fsp3) is 0.323. The third-order valence-electron chi connectivity index (χ3n) is 6.79. The minimum absolute atomic E-state index is 0.0437. The number of fused-ring (bicyclic) bond motifs is 1. The van der Waals surface area contributed by atoms with Crippen LogP contribution in [-0.2, 0) is 14.3 Å². The van der Waals surface area contributed by atoms with E-state index in [-0.39, 0.29) is 31.0 Å². The van der Waals surface area contributed by atoms with Crippen LogP contribution < -0.4 is 10.6 Å². The number of aromatic carboxylic acids is 1. The Kier molecular flexibility index (Phi) is 10.1.